The number of carbonyl (C=O) groups excluding carboxylic acids is 1. The molecule has 1 N–H and O–H groups in total. The van der Waals surface area contributed by atoms with Gasteiger partial charge in [-0.3, -0.25) is 4.79 Å². The van der Waals surface area contributed by atoms with E-state index in [1.165, 1.54) is 19.3 Å². The Labute approximate surface area is 112 Å². The number of hydrogen-bond donors (Lipinski definition) is 1. The SMILES string of the molecule is Cc1c(N=[N+]=[N-])cccc1C(=O)NC1CCCCC1. The molecule has 2 rings (SSSR count). The summed E-state index contributed by atoms with van der Waals surface area (Å²) >= 11 is 0. The van der Waals surface area contributed by atoms with Crippen LogP contribution >= 0.6 is 0 Å². The van der Waals surface area contributed by atoms with Gasteiger partial charge in [-0.2, -0.15) is 0 Å². The van der Waals surface area contributed by atoms with E-state index in [9.17, 15) is 4.79 Å². The Hall–Kier alpha value is -2.00. The molecule has 0 spiro atoms. The molecule has 1 amide bonds. The van der Waals surface area contributed by atoms with Gasteiger partial charge in [0.05, 0.1) is 0 Å². The van der Waals surface area contributed by atoms with Crippen molar-refractivity contribution >= 4 is 11.6 Å². The van der Waals surface area contributed by atoms with Gasteiger partial charge in [0.1, 0.15) is 0 Å². The minimum atomic E-state index is -0.0700. The molecule has 5 nitrogen and oxygen atoms in total. The maximum atomic E-state index is 12.2. The standard InChI is InChI=1S/C14H18N4O/c1-10-12(8-5-9-13(10)17-18-15)14(19)16-11-6-3-2-4-7-11/h5,8-9,11H,2-4,6-7H2,1H3,(H,16,19). The summed E-state index contributed by atoms with van der Waals surface area (Å²) in [6.07, 6.45) is 5.74. The fraction of sp³-hybridized carbons (Fsp3) is 0.500. The Bertz CT molecular complexity index is 514. The Morgan fingerprint density at radius 2 is 2.11 bits per heavy atom. The van der Waals surface area contributed by atoms with Crippen molar-refractivity contribution in [1.82, 2.24) is 5.32 Å². The smallest absolute Gasteiger partial charge is 0.251 e. The van der Waals surface area contributed by atoms with E-state index in [1.807, 2.05) is 0 Å². The summed E-state index contributed by atoms with van der Waals surface area (Å²) in [6, 6.07) is 5.51. The lowest BCUT2D eigenvalue weighted by molar-refractivity contribution is 0.0927. The summed E-state index contributed by atoms with van der Waals surface area (Å²) in [5.41, 5.74) is 10.3. The number of nitrogens with one attached hydrogen (secondary N) is 1. The van der Waals surface area contributed by atoms with Gasteiger partial charge in [0, 0.05) is 22.2 Å². The van der Waals surface area contributed by atoms with Crippen molar-refractivity contribution in [2.45, 2.75) is 45.1 Å². The van der Waals surface area contributed by atoms with Crippen LogP contribution in [0.4, 0.5) is 5.69 Å². The van der Waals surface area contributed by atoms with Gasteiger partial charge < -0.3 is 5.32 Å². The quantitative estimate of drug-likeness (QED) is 0.496. The molecule has 5 heteroatoms. The van der Waals surface area contributed by atoms with Crippen molar-refractivity contribution in [3.05, 3.63) is 39.8 Å². The van der Waals surface area contributed by atoms with Crippen LogP contribution in [0.25, 0.3) is 10.4 Å². The van der Waals surface area contributed by atoms with Gasteiger partial charge in [-0.05, 0) is 36.9 Å². The van der Waals surface area contributed by atoms with Crippen LogP contribution in [0.15, 0.2) is 23.3 Å². The number of carbonyl (C=O) groups is 1. The van der Waals surface area contributed by atoms with E-state index in [-0.39, 0.29) is 11.9 Å². The average Bonchev–Trinajstić information content (AvgIpc) is 2.42. The van der Waals surface area contributed by atoms with Crippen LogP contribution in [0.3, 0.4) is 0 Å². The molecule has 0 aliphatic heterocycles. The molecule has 1 saturated carbocycles. The largest absolute Gasteiger partial charge is 0.349 e. The second kappa shape index (κ2) is 6.25. The van der Waals surface area contributed by atoms with Crippen molar-refractivity contribution < 1.29 is 4.79 Å². The summed E-state index contributed by atoms with van der Waals surface area (Å²) in [5, 5.41) is 6.67. The first-order valence-corrected chi connectivity index (χ1v) is 6.68. The highest BCUT2D eigenvalue weighted by Crippen LogP contribution is 2.23. The molecule has 100 valence electrons. The monoisotopic (exact) mass is 258 g/mol. The first-order chi connectivity index (χ1) is 9.22. The third-order valence-corrected chi connectivity index (χ3v) is 3.64. The Balaban J connectivity index is 2.14. The van der Waals surface area contributed by atoms with E-state index in [0.717, 1.165) is 18.4 Å². The molecule has 1 aromatic rings. The van der Waals surface area contributed by atoms with Gasteiger partial charge in [-0.25, -0.2) is 0 Å². The lowest BCUT2D eigenvalue weighted by atomic mass is 9.95. The Morgan fingerprint density at radius 1 is 1.37 bits per heavy atom. The van der Waals surface area contributed by atoms with E-state index in [2.05, 4.69) is 15.3 Å². The molecule has 0 saturated heterocycles. The van der Waals surface area contributed by atoms with E-state index < -0.39 is 0 Å². The predicted octanol–water partition coefficient (Wildman–Crippen LogP) is 4.00. The summed E-state index contributed by atoms with van der Waals surface area (Å²) in [6.45, 7) is 1.81. The summed E-state index contributed by atoms with van der Waals surface area (Å²) in [7, 11) is 0. The lowest BCUT2D eigenvalue weighted by Crippen LogP contribution is -2.36. The highest BCUT2D eigenvalue weighted by Gasteiger charge is 2.18. The number of nitrogens with zero attached hydrogens (tertiary/aromatic N) is 3. The molecule has 1 aliphatic carbocycles. The highest BCUT2D eigenvalue weighted by molar-refractivity contribution is 5.97. The van der Waals surface area contributed by atoms with Crippen LogP contribution in [-0.4, -0.2) is 11.9 Å². The van der Waals surface area contributed by atoms with Crippen LogP contribution in [0, 0.1) is 6.92 Å². The minimum Gasteiger partial charge on any atom is -0.349 e. The van der Waals surface area contributed by atoms with E-state index in [4.69, 9.17) is 5.53 Å². The van der Waals surface area contributed by atoms with Crippen LogP contribution in [0.5, 0.6) is 0 Å². The normalized spacial score (nSPS) is 15.6. The first kappa shape index (κ1) is 13.4. The Morgan fingerprint density at radius 3 is 2.79 bits per heavy atom. The maximum Gasteiger partial charge on any atom is 0.251 e. The summed E-state index contributed by atoms with van der Waals surface area (Å²) in [5.74, 6) is -0.0700. The first-order valence-electron chi connectivity index (χ1n) is 6.68. The third kappa shape index (κ3) is 3.26. The molecule has 1 aliphatic rings. The number of hydrogen-bond acceptors (Lipinski definition) is 2. The van der Waals surface area contributed by atoms with Crippen LogP contribution in [0.1, 0.15) is 48.0 Å². The molecule has 0 radical (unpaired) electrons. The van der Waals surface area contributed by atoms with Crippen molar-refractivity contribution in [2.24, 2.45) is 5.11 Å². The van der Waals surface area contributed by atoms with Gasteiger partial charge >= 0.3 is 0 Å². The molecule has 0 heterocycles. The van der Waals surface area contributed by atoms with Gasteiger partial charge in [0.15, 0.2) is 0 Å². The topological polar surface area (TPSA) is 77.9 Å². The zero-order chi connectivity index (χ0) is 13.7. The number of benzene rings is 1. The number of rotatable bonds is 3. The van der Waals surface area contributed by atoms with Gasteiger partial charge in [0.2, 0.25) is 0 Å². The summed E-state index contributed by atoms with van der Waals surface area (Å²) in [4.78, 5) is 15.0. The zero-order valence-corrected chi connectivity index (χ0v) is 11.1. The molecule has 1 fully saturated rings. The van der Waals surface area contributed by atoms with Gasteiger partial charge in [-0.1, -0.05) is 36.5 Å². The van der Waals surface area contributed by atoms with Crippen molar-refractivity contribution in [3.8, 4) is 0 Å². The molecule has 0 atom stereocenters. The average molecular weight is 258 g/mol. The predicted molar refractivity (Wildman–Crippen MR) is 74.3 cm³/mol. The highest BCUT2D eigenvalue weighted by atomic mass is 16.1. The van der Waals surface area contributed by atoms with Crippen LogP contribution in [-0.2, 0) is 0 Å². The molecule has 19 heavy (non-hydrogen) atoms. The van der Waals surface area contributed by atoms with Crippen LogP contribution < -0.4 is 5.32 Å². The van der Waals surface area contributed by atoms with Crippen molar-refractivity contribution in [2.75, 3.05) is 0 Å². The van der Waals surface area contributed by atoms with E-state index in [0.29, 0.717) is 11.3 Å². The minimum absolute atomic E-state index is 0.0700. The van der Waals surface area contributed by atoms with E-state index >= 15 is 0 Å². The van der Waals surface area contributed by atoms with Gasteiger partial charge in [-0.15, -0.1) is 0 Å². The third-order valence-electron chi connectivity index (χ3n) is 3.64. The Kier molecular flexibility index (Phi) is 4.42. The fourth-order valence-corrected chi connectivity index (χ4v) is 2.54. The molecule has 0 aromatic heterocycles. The molecule has 1 aromatic carbocycles. The number of azide groups is 1. The maximum absolute atomic E-state index is 12.2. The second-order valence-electron chi connectivity index (χ2n) is 4.95. The zero-order valence-electron chi connectivity index (χ0n) is 11.1. The van der Waals surface area contributed by atoms with Crippen LogP contribution in [0.2, 0.25) is 0 Å². The van der Waals surface area contributed by atoms with Gasteiger partial charge in [0.25, 0.3) is 5.91 Å². The second-order valence-corrected chi connectivity index (χ2v) is 4.95. The van der Waals surface area contributed by atoms with Crippen molar-refractivity contribution in [1.29, 1.82) is 0 Å². The summed E-state index contributed by atoms with van der Waals surface area (Å²) < 4.78 is 0. The fourth-order valence-electron chi connectivity index (χ4n) is 2.54. The van der Waals surface area contributed by atoms with E-state index in [1.54, 1.807) is 25.1 Å². The molecular formula is C14H18N4O. The lowest BCUT2D eigenvalue weighted by Gasteiger charge is -2.23. The number of amides is 1. The molecule has 0 bridgehead atoms. The molecular weight excluding hydrogens is 240 g/mol. The molecule has 0 unspecified atom stereocenters. The van der Waals surface area contributed by atoms with Crippen molar-refractivity contribution in [3.63, 3.8) is 0 Å².